The van der Waals surface area contributed by atoms with Crippen LogP contribution in [-0.4, -0.2) is 53.5 Å². The summed E-state index contributed by atoms with van der Waals surface area (Å²) in [5, 5.41) is 12.9. The van der Waals surface area contributed by atoms with E-state index in [1.807, 2.05) is 25.7 Å². The summed E-state index contributed by atoms with van der Waals surface area (Å²) in [6, 6.07) is 0.415. The predicted molar refractivity (Wildman–Crippen MR) is 82.2 cm³/mol. The summed E-state index contributed by atoms with van der Waals surface area (Å²) in [6.45, 7) is 9.69. The molecule has 0 aromatic heterocycles. The van der Waals surface area contributed by atoms with Gasteiger partial charge in [0.1, 0.15) is 5.60 Å². The van der Waals surface area contributed by atoms with Gasteiger partial charge in [-0.3, -0.25) is 0 Å². The fraction of sp³-hybridized carbons (Fsp3) is 0.938. The molecule has 1 amide bonds. The lowest BCUT2D eigenvalue weighted by atomic mass is 10.0. The monoisotopic (exact) mass is 298 g/mol. The molecule has 122 valence electrons. The standard InChI is InChI=1S/C16H30N2O3/c1-12(17-10-16(11-19)7-8-16)13-6-5-9-18(13)14(20)21-15(2,3)4/h12-13,17,19H,5-11H2,1-4H3. The molecule has 2 rings (SSSR count). The first kappa shape index (κ1) is 16.6. The summed E-state index contributed by atoms with van der Waals surface area (Å²) in [5.74, 6) is 0. The fourth-order valence-electron chi connectivity index (χ4n) is 2.94. The highest BCUT2D eigenvalue weighted by Gasteiger charge is 2.43. The highest BCUT2D eigenvalue weighted by atomic mass is 16.6. The van der Waals surface area contributed by atoms with Crippen molar-refractivity contribution in [1.29, 1.82) is 0 Å². The van der Waals surface area contributed by atoms with Gasteiger partial charge in [0.05, 0.1) is 6.04 Å². The van der Waals surface area contributed by atoms with Crippen LogP contribution < -0.4 is 5.32 Å². The number of likely N-dealkylation sites (tertiary alicyclic amines) is 1. The Labute approximate surface area is 128 Å². The summed E-state index contributed by atoms with van der Waals surface area (Å²) in [5.41, 5.74) is -0.348. The molecular formula is C16H30N2O3. The van der Waals surface area contributed by atoms with E-state index in [9.17, 15) is 9.90 Å². The van der Waals surface area contributed by atoms with Crippen molar-refractivity contribution in [2.24, 2.45) is 5.41 Å². The third kappa shape index (κ3) is 4.33. The summed E-state index contributed by atoms with van der Waals surface area (Å²) >= 11 is 0. The number of carbonyl (C=O) groups excluding carboxylic acids is 1. The number of hydrogen-bond donors (Lipinski definition) is 2. The number of amides is 1. The fourth-order valence-corrected chi connectivity index (χ4v) is 2.94. The Bertz CT molecular complexity index is 374. The first-order valence-electron chi connectivity index (χ1n) is 8.10. The zero-order chi connectivity index (χ0) is 15.7. The minimum atomic E-state index is -0.449. The van der Waals surface area contributed by atoms with E-state index in [1.54, 1.807) is 0 Å². The van der Waals surface area contributed by atoms with E-state index in [1.165, 1.54) is 0 Å². The minimum Gasteiger partial charge on any atom is -0.444 e. The van der Waals surface area contributed by atoms with Crippen molar-refractivity contribution in [3.8, 4) is 0 Å². The van der Waals surface area contributed by atoms with Crippen LogP contribution >= 0.6 is 0 Å². The van der Waals surface area contributed by atoms with Gasteiger partial charge in [-0.15, -0.1) is 0 Å². The Morgan fingerprint density at radius 3 is 2.67 bits per heavy atom. The molecule has 0 bridgehead atoms. The van der Waals surface area contributed by atoms with Crippen molar-refractivity contribution < 1.29 is 14.6 Å². The zero-order valence-corrected chi connectivity index (χ0v) is 13.8. The Balaban J connectivity index is 1.87. The van der Waals surface area contributed by atoms with Crippen LogP contribution in [0.4, 0.5) is 4.79 Å². The van der Waals surface area contributed by atoms with Crippen LogP contribution in [0.25, 0.3) is 0 Å². The predicted octanol–water partition coefficient (Wildman–Crippen LogP) is 2.14. The second kappa shape index (κ2) is 6.13. The number of nitrogens with zero attached hydrogens (tertiary/aromatic N) is 1. The molecule has 0 aromatic carbocycles. The molecule has 1 aliphatic heterocycles. The van der Waals surface area contributed by atoms with Crippen LogP contribution in [0.3, 0.4) is 0 Å². The third-order valence-electron chi connectivity index (χ3n) is 4.60. The molecule has 21 heavy (non-hydrogen) atoms. The molecule has 2 unspecified atom stereocenters. The maximum atomic E-state index is 12.3. The lowest BCUT2D eigenvalue weighted by Gasteiger charge is -2.32. The normalized spacial score (nSPS) is 25.8. The zero-order valence-electron chi connectivity index (χ0n) is 13.8. The van der Waals surface area contributed by atoms with Crippen molar-refractivity contribution >= 4 is 6.09 Å². The molecule has 5 heteroatoms. The smallest absolute Gasteiger partial charge is 0.410 e. The van der Waals surface area contributed by atoms with E-state index in [0.29, 0.717) is 0 Å². The summed E-state index contributed by atoms with van der Waals surface area (Å²) < 4.78 is 5.50. The quantitative estimate of drug-likeness (QED) is 0.816. The molecule has 2 fully saturated rings. The van der Waals surface area contributed by atoms with Gasteiger partial charge >= 0.3 is 6.09 Å². The molecule has 1 saturated carbocycles. The van der Waals surface area contributed by atoms with Gasteiger partial charge < -0.3 is 20.1 Å². The van der Waals surface area contributed by atoms with Crippen molar-refractivity contribution in [3.05, 3.63) is 0 Å². The summed E-state index contributed by atoms with van der Waals surface area (Å²) in [6.07, 6.45) is 4.04. The summed E-state index contributed by atoms with van der Waals surface area (Å²) in [7, 11) is 0. The molecule has 0 spiro atoms. The number of rotatable bonds is 5. The van der Waals surface area contributed by atoms with E-state index >= 15 is 0 Å². The highest BCUT2D eigenvalue weighted by molar-refractivity contribution is 5.69. The van der Waals surface area contributed by atoms with Crippen LogP contribution in [-0.2, 0) is 4.74 Å². The van der Waals surface area contributed by atoms with E-state index < -0.39 is 5.60 Å². The van der Waals surface area contributed by atoms with Gasteiger partial charge in [0.15, 0.2) is 0 Å². The largest absolute Gasteiger partial charge is 0.444 e. The minimum absolute atomic E-state index is 0.101. The maximum Gasteiger partial charge on any atom is 0.410 e. The van der Waals surface area contributed by atoms with E-state index in [-0.39, 0.29) is 30.2 Å². The average Bonchev–Trinajstić information content (AvgIpc) is 3.00. The summed E-state index contributed by atoms with van der Waals surface area (Å²) in [4.78, 5) is 14.1. The number of aliphatic hydroxyl groups is 1. The number of ether oxygens (including phenoxy) is 1. The van der Waals surface area contributed by atoms with Gasteiger partial charge in [-0.25, -0.2) is 4.79 Å². The lowest BCUT2D eigenvalue weighted by Crippen LogP contribution is -2.50. The Morgan fingerprint density at radius 1 is 1.48 bits per heavy atom. The molecule has 1 saturated heterocycles. The third-order valence-corrected chi connectivity index (χ3v) is 4.60. The molecule has 2 N–H and O–H groups in total. The number of nitrogens with one attached hydrogen (secondary N) is 1. The van der Waals surface area contributed by atoms with Crippen LogP contribution in [0.5, 0.6) is 0 Å². The van der Waals surface area contributed by atoms with Gasteiger partial charge in [0.2, 0.25) is 0 Å². The molecular weight excluding hydrogens is 268 g/mol. The first-order valence-corrected chi connectivity index (χ1v) is 8.10. The number of carbonyl (C=O) groups is 1. The van der Waals surface area contributed by atoms with E-state index in [4.69, 9.17) is 4.74 Å². The topological polar surface area (TPSA) is 61.8 Å². The van der Waals surface area contributed by atoms with Crippen LogP contribution in [0.2, 0.25) is 0 Å². The Hall–Kier alpha value is -0.810. The highest BCUT2D eigenvalue weighted by Crippen LogP contribution is 2.44. The van der Waals surface area contributed by atoms with E-state index in [2.05, 4.69) is 12.2 Å². The van der Waals surface area contributed by atoms with Gasteiger partial charge in [-0.05, 0) is 53.4 Å². The van der Waals surface area contributed by atoms with Crippen molar-refractivity contribution in [1.82, 2.24) is 10.2 Å². The maximum absolute atomic E-state index is 12.3. The Kier molecular flexibility index (Phi) is 4.83. The number of hydrogen-bond acceptors (Lipinski definition) is 4. The lowest BCUT2D eigenvalue weighted by molar-refractivity contribution is 0.0198. The SMILES string of the molecule is CC(NCC1(CO)CC1)C1CCCN1C(=O)OC(C)(C)C. The molecule has 5 nitrogen and oxygen atoms in total. The Morgan fingerprint density at radius 2 is 2.14 bits per heavy atom. The van der Waals surface area contributed by atoms with Gasteiger partial charge in [-0.1, -0.05) is 0 Å². The van der Waals surface area contributed by atoms with Crippen LogP contribution in [0.15, 0.2) is 0 Å². The molecule has 0 radical (unpaired) electrons. The van der Waals surface area contributed by atoms with Crippen molar-refractivity contribution in [2.45, 2.75) is 71.1 Å². The van der Waals surface area contributed by atoms with Crippen molar-refractivity contribution in [2.75, 3.05) is 19.7 Å². The van der Waals surface area contributed by atoms with Crippen LogP contribution in [0.1, 0.15) is 53.4 Å². The molecule has 2 aliphatic rings. The van der Waals surface area contributed by atoms with Crippen molar-refractivity contribution in [3.63, 3.8) is 0 Å². The molecule has 1 heterocycles. The molecule has 2 atom stereocenters. The van der Waals surface area contributed by atoms with Gasteiger partial charge in [-0.2, -0.15) is 0 Å². The van der Waals surface area contributed by atoms with Gasteiger partial charge in [0.25, 0.3) is 0 Å². The van der Waals surface area contributed by atoms with Gasteiger partial charge in [0, 0.05) is 31.2 Å². The second-order valence-electron chi connectivity index (χ2n) is 7.71. The average molecular weight is 298 g/mol. The van der Waals surface area contributed by atoms with Crippen LogP contribution in [0, 0.1) is 5.41 Å². The molecule has 0 aromatic rings. The second-order valence-corrected chi connectivity index (χ2v) is 7.71. The first-order chi connectivity index (χ1) is 9.76. The van der Waals surface area contributed by atoms with E-state index in [0.717, 1.165) is 38.8 Å². The number of aliphatic hydroxyl groups excluding tert-OH is 1. The molecule has 1 aliphatic carbocycles.